The van der Waals surface area contributed by atoms with Crippen LogP contribution in [0.1, 0.15) is 28.7 Å². The number of fused-ring (bicyclic) bond motifs is 2. The van der Waals surface area contributed by atoms with E-state index >= 15 is 0 Å². The summed E-state index contributed by atoms with van der Waals surface area (Å²) < 4.78 is 14.2. The molecule has 3 aromatic carbocycles. The summed E-state index contributed by atoms with van der Waals surface area (Å²) in [5.41, 5.74) is 5.51. The molecule has 3 heterocycles. The van der Waals surface area contributed by atoms with Crippen LogP contribution < -0.4 is 9.47 Å². The normalized spacial score (nSPS) is 15.7. The van der Waals surface area contributed by atoms with Crippen molar-refractivity contribution in [1.29, 1.82) is 5.41 Å². The maximum atomic E-state index is 13.1. The van der Waals surface area contributed by atoms with E-state index < -0.39 is 5.91 Å². The largest absolute Gasteiger partial charge is 0.493 e. The van der Waals surface area contributed by atoms with E-state index in [0.29, 0.717) is 16.8 Å². The molecule has 2 aliphatic rings. The zero-order valence-electron chi connectivity index (χ0n) is 23.8. The lowest BCUT2D eigenvalue weighted by Gasteiger charge is -2.20. The zero-order chi connectivity index (χ0) is 29.2. The molecule has 0 saturated carbocycles. The van der Waals surface area contributed by atoms with E-state index in [1.54, 1.807) is 6.08 Å². The van der Waals surface area contributed by atoms with Crippen LogP contribution >= 0.6 is 11.8 Å². The first-order valence-electron chi connectivity index (χ1n) is 13.8. The molecule has 0 atom stereocenters. The molecule has 6 rings (SSSR count). The van der Waals surface area contributed by atoms with Crippen molar-refractivity contribution in [1.82, 2.24) is 9.58 Å². The fraction of sp³-hybridized carbons (Fsp3) is 0.212. The molecular formula is C33H31N5O3S. The van der Waals surface area contributed by atoms with E-state index in [4.69, 9.17) is 14.9 Å². The highest BCUT2D eigenvalue weighted by Gasteiger charge is 2.36. The van der Waals surface area contributed by atoms with E-state index in [0.717, 1.165) is 52.1 Å². The third-order valence-corrected chi connectivity index (χ3v) is 8.30. The molecule has 1 amide bonds. The van der Waals surface area contributed by atoms with Crippen molar-refractivity contribution in [2.75, 3.05) is 13.2 Å². The van der Waals surface area contributed by atoms with Crippen molar-refractivity contribution < 1.29 is 14.3 Å². The van der Waals surface area contributed by atoms with Gasteiger partial charge in [-0.05, 0) is 79.9 Å². The Morgan fingerprint density at radius 3 is 2.55 bits per heavy atom. The third-order valence-electron chi connectivity index (χ3n) is 7.42. The maximum Gasteiger partial charge on any atom is 0.283 e. The fourth-order valence-corrected chi connectivity index (χ4v) is 5.77. The zero-order valence-corrected chi connectivity index (χ0v) is 24.6. The number of hydrogen-bond acceptors (Lipinski definition) is 6. The third kappa shape index (κ3) is 5.47. The van der Waals surface area contributed by atoms with Crippen LogP contribution in [0.3, 0.4) is 0 Å². The molecule has 2 aliphatic heterocycles. The number of hydrazone groups is 1. The Labute approximate surface area is 248 Å². The molecule has 1 N–H and O–H groups in total. The van der Waals surface area contributed by atoms with Gasteiger partial charge in [-0.2, -0.15) is 15.1 Å². The number of rotatable bonds is 9. The topological polar surface area (TPSA) is 92.3 Å². The molecule has 42 heavy (non-hydrogen) atoms. The molecule has 0 saturated heterocycles. The van der Waals surface area contributed by atoms with Crippen LogP contribution in [-0.4, -0.2) is 44.7 Å². The minimum atomic E-state index is -0.450. The summed E-state index contributed by atoms with van der Waals surface area (Å²) in [5.74, 6) is 1.24. The van der Waals surface area contributed by atoms with Crippen molar-refractivity contribution in [2.24, 2.45) is 10.1 Å². The number of hydrogen-bond donors (Lipinski definition) is 1. The quantitative estimate of drug-likeness (QED) is 0.176. The van der Waals surface area contributed by atoms with E-state index in [9.17, 15) is 4.79 Å². The Bertz CT molecular complexity index is 1800. The minimum Gasteiger partial charge on any atom is -0.493 e. The number of nitrogens with zero attached hydrogens (tertiary/aromatic N) is 4. The molecule has 8 nitrogen and oxygen atoms in total. The molecule has 1 aromatic heterocycles. The Morgan fingerprint density at radius 1 is 0.929 bits per heavy atom. The fourth-order valence-electron chi connectivity index (χ4n) is 4.98. The highest BCUT2D eigenvalue weighted by molar-refractivity contribution is 8.27. The Kier molecular flexibility index (Phi) is 7.67. The highest BCUT2D eigenvalue weighted by Crippen LogP contribution is 2.31. The first-order valence-corrected chi connectivity index (χ1v) is 14.6. The highest BCUT2D eigenvalue weighted by atomic mass is 32.2. The average Bonchev–Trinajstić information content (AvgIpc) is 3.56. The number of amidine groups is 2. The van der Waals surface area contributed by atoms with Gasteiger partial charge in [0, 0.05) is 29.2 Å². The number of ether oxygens (including phenoxy) is 2. The number of para-hydroxylation sites is 2. The van der Waals surface area contributed by atoms with Gasteiger partial charge in [0.05, 0.1) is 12.2 Å². The lowest BCUT2D eigenvalue weighted by Crippen LogP contribution is -2.35. The monoisotopic (exact) mass is 577 g/mol. The van der Waals surface area contributed by atoms with E-state index in [1.165, 1.54) is 22.3 Å². The van der Waals surface area contributed by atoms with Crippen molar-refractivity contribution in [3.8, 4) is 11.5 Å². The summed E-state index contributed by atoms with van der Waals surface area (Å²) in [4.78, 5) is 17.3. The number of nitrogens with one attached hydrogen (secondary N) is 1. The van der Waals surface area contributed by atoms with Crippen LogP contribution in [0, 0.1) is 26.2 Å². The number of amides is 1. The van der Waals surface area contributed by atoms with Crippen molar-refractivity contribution in [3.05, 3.63) is 101 Å². The van der Waals surface area contributed by atoms with E-state index in [2.05, 4.69) is 40.6 Å². The summed E-state index contributed by atoms with van der Waals surface area (Å²) in [6.45, 7) is 7.71. The summed E-state index contributed by atoms with van der Waals surface area (Å²) in [7, 11) is 0. The Morgan fingerprint density at radius 2 is 1.69 bits per heavy atom. The molecule has 0 unspecified atom stereocenters. The summed E-state index contributed by atoms with van der Waals surface area (Å²) in [6.07, 6.45) is 4.59. The Hall–Kier alpha value is -4.63. The van der Waals surface area contributed by atoms with Crippen LogP contribution in [0.2, 0.25) is 0 Å². The molecule has 0 spiro atoms. The standard InChI is InChI=1S/C33H31N5O3S/c1-21-11-8-15-29(23(21)3)40-17-9-16-37-19-24(25-12-5-6-13-27(25)37)18-26-31(34)38-33(35-32(26)39)42-30(36-38)20-41-28-14-7-4-10-22(28)2/h4-8,10-15,18-19,34H,9,16-17,20H2,1-3H3/b26-18-,34-31?. The maximum absolute atomic E-state index is 13.1. The average molecular weight is 578 g/mol. The molecule has 0 radical (unpaired) electrons. The van der Waals surface area contributed by atoms with Crippen LogP contribution in [0.4, 0.5) is 0 Å². The van der Waals surface area contributed by atoms with Crippen LogP contribution in [0.25, 0.3) is 17.0 Å². The van der Waals surface area contributed by atoms with Crippen molar-refractivity contribution in [3.63, 3.8) is 0 Å². The molecule has 0 aliphatic carbocycles. The van der Waals surface area contributed by atoms with Gasteiger partial charge >= 0.3 is 0 Å². The van der Waals surface area contributed by atoms with E-state index in [1.807, 2.05) is 67.7 Å². The number of carbonyl (C=O) groups excluding carboxylic acids is 1. The molecular weight excluding hydrogens is 546 g/mol. The number of benzene rings is 3. The summed E-state index contributed by atoms with van der Waals surface area (Å²) in [6, 6.07) is 21.9. The lowest BCUT2D eigenvalue weighted by atomic mass is 10.1. The first kappa shape index (κ1) is 27.5. The van der Waals surface area contributed by atoms with Gasteiger partial charge in [0.1, 0.15) is 23.1 Å². The van der Waals surface area contributed by atoms with Crippen LogP contribution in [0.5, 0.6) is 11.5 Å². The van der Waals surface area contributed by atoms with Gasteiger partial charge in [-0.1, -0.05) is 48.5 Å². The predicted molar refractivity (Wildman–Crippen MR) is 170 cm³/mol. The molecule has 212 valence electrons. The first-order chi connectivity index (χ1) is 20.4. The SMILES string of the molecule is Cc1ccccc1OCC1=NN2C(=N)/C(=C/c3cn(CCCOc4cccc(C)c4C)c4ccccc34)C(=O)N=C2S1. The molecule has 4 aromatic rings. The molecule has 0 bridgehead atoms. The summed E-state index contributed by atoms with van der Waals surface area (Å²) in [5, 5.41) is 16.8. The molecule has 0 fully saturated rings. The van der Waals surface area contributed by atoms with Gasteiger partial charge in [0.25, 0.3) is 5.91 Å². The minimum absolute atomic E-state index is 0.00199. The second kappa shape index (κ2) is 11.7. The number of aryl methyl sites for hydroxylation is 3. The smallest absolute Gasteiger partial charge is 0.283 e. The number of aliphatic imine (C=N–C) groups is 1. The van der Waals surface area contributed by atoms with Gasteiger partial charge in [-0.15, -0.1) is 0 Å². The van der Waals surface area contributed by atoms with Gasteiger partial charge in [0.2, 0.25) is 5.17 Å². The van der Waals surface area contributed by atoms with Crippen LogP contribution in [-0.2, 0) is 11.3 Å². The molecule has 9 heteroatoms. The van der Waals surface area contributed by atoms with Crippen LogP contribution in [0.15, 0.2) is 88.6 Å². The van der Waals surface area contributed by atoms with Crippen molar-refractivity contribution in [2.45, 2.75) is 33.7 Å². The number of carbonyl (C=O) groups is 1. The lowest BCUT2D eigenvalue weighted by molar-refractivity contribution is -0.114. The number of aromatic nitrogens is 1. The van der Waals surface area contributed by atoms with Crippen molar-refractivity contribution >= 4 is 50.7 Å². The van der Waals surface area contributed by atoms with Gasteiger partial charge in [0.15, 0.2) is 5.84 Å². The second-order valence-electron chi connectivity index (χ2n) is 10.3. The van der Waals surface area contributed by atoms with E-state index in [-0.39, 0.29) is 18.0 Å². The Balaban J connectivity index is 1.18. The number of thioether (sulfide) groups is 1. The second-order valence-corrected chi connectivity index (χ2v) is 11.3. The summed E-state index contributed by atoms with van der Waals surface area (Å²) >= 11 is 1.25. The van der Waals surface area contributed by atoms with Gasteiger partial charge in [-0.25, -0.2) is 0 Å². The van der Waals surface area contributed by atoms with Gasteiger partial charge in [-0.3, -0.25) is 10.2 Å². The van der Waals surface area contributed by atoms with Gasteiger partial charge < -0.3 is 14.0 Å². The predicted octanol–water partition coefficient (Wildman–Crippen LogP) is 6.73.